The summed E-state index contributed by atoms with van der Waals surface area (Å²) in [6.07, 6.45) is 3.15. The van der Waals surface area contributed by atoms with Crippen molar-refractivity contribution in [3.63, 3.8) is 0 Å². The topological polar surface area (TPSA) is 56.8 Å². The molecule has 5 heteroatoms. The summed E-state index contributed by atoms with van der Waals surface area (Å²) in [5, 5.41) is 2.93. The second-order valence-electron chi connectivity index (χ2n) is 5.38. The Morgan fingerprint density at radius 2 is 1.48 bits per heavy atom. The zero-order valence-corrected chi connectivity index (χ0v) is 14.9. The van der Waals surface area contributed by atoms with Crippen LogP contribution in [0.1, 0.15) is 24.1 Å². The largest absolute Gasteiger partial charge is 0.496 e. The number of amides is 1. The molecule has 1 atom stereocenters. The third kappa shape index (κ3) is 4.53. The smallest absolute Gasteiger partial charge is 0.244 e. The molecule has 0 aliphatic carbocycles. The van der Waals surface area contributed by atoms with E-state index in [2.05, 4.69) is 5.32 Å². The number of nitrogens with one attached hydrogen (secondary N) is 1. The van der Waals surface area contributed by atoms with E-state index >= 15 is 0 Å². The molecule has 5 nitrogen and oxygen atoms in total. The normalized spacial score (nSPS) is 11.8. The summed E-state index contributed by atoms with van der Waals surface area (Å²) >= 11 is 0. The highest BCUT2D eigenvalue weighted by Crippen LogP contribution is 2.29. The minimum absolute atomic E-state index is 0.187. The van der Waals surface area contributed by atoms with Crippen molar-refractivity contribution >= 4 is 12.0 Å². The van der Waals surface area contributed by atoms with Crippen molar-refractivity contribution in [2.75, 3.05) is 21.3 Å². The number of hydrogen-bond acceptors (Lipinski definition) is 4. The maximum absolute atomic E-state index is 12.3. The molecule has 2 aromatic carbocycles. The first-order chi connectivity index (χ1) is 12.1. The number of carbonyl (C=O) groups excluding carboxylic acids is 1. The fraction of sp³-hybridized carbons (Fsp3) is 0.250. The molecule has 1 amide bonds. The van der Waals surface area contributed by atoms with Crippen molar-refractivity contribution in [3.8, 4) is 17.2 Å². The minimum atomic E-state index is -0.216. The molecule has 0 aliphatic heterocycles. The summed E-state index contributed by atoms with van der Waals surface area (Å²) in [5.41, 5.74) is 1.63. The van der Waals surface area contributed by atoms with Gasteiger partial charge in [-0.1, -0.05) is 24.3 Å². The van der Waals surface area contributed by atoms with Gasteiger partial charge in [-0.25, -0.2) is 0 Å². The molecular weight excluding hydrogens is 318 g/mol. The number of methoxy groups -OCH3 is 3. The van der Waals surface area contributed by atoms with E-state index in [4.69, 9.17) is 14.2 Å². The Hall–Kier alpha value is -2.95. The van der Waals surface area contributed by atoms with Gasteiger partial charge < -0.3 is 19.5 Å². The van der Waals surface area contributed by atoms with Gasteiger partial charge in [0, 0.05) is 11.6 Å². The summed E-state index contributed by atoms with van der Waals surface area (Å²) in [7, 11) is 4.77. The van der Waals surface area contributed by atoms with Crippen molar-refractivity contribution in [1.29, 1.82) is 0 Å². The maximum atomic E-state index is 12.3. The quantitative estimate of drug-likeness (QED) is 0.782. The molecule has 2 rings (SSSR count). The molecule has 25 heavy (non-hydrogen) atoms. The van der Waals surface area contributed by atoms with E-state index in [0.717, 1.165) is 11.3 Å². The molecule has 0 spiro atoms. The van der Waals surface area contributed by atoms with E-state index in [0.29, 0.717) is 17.1 Å². The Balaban J connectivity index is 2.14. The first kappa shape index (κ1) is 18.4. The van der Waals surface area contributed by atoms with Gasteiger partial charge in [0.15, 0.2) is 0 Å². The van der Waals surface area contributed by atoms with Crippen LogP contribution in [-0.4, -0.2) is 27.2 Å². The first-order valence-corrected chi connectivity index (χ1v) is 7.93. The number of carbonyl (C=O) groups is 1. The van der Waals surface area contributed by atoms with E-state index in [9.17, 15) is 4.79 Å². The van der Waals surface area contributed by atoms with Gasteiger partial charge in [0.25, 0.3) is 0 Å². The molecule has 0 heterocycles. The highest BCUT2D eigenvalue weighted by atomic mass is 16.5. The Kier molecular flexibility index (Phi) is 6.46. The van der Waals surface area contributed by atoms with Crippen molar-refractivity contribution < 1.29 is 19.0 Å². The van der Waals surface area contributed by atoms with E-state index in [-0.39, 0.29) is 11.9 Å². The second-order valence-corrected chi connectivity index (χ2v) is 5.38. The summed E-state index contributed by atoms with van der Waals surface area (Å²) in [5.74, 6) is 1.80. The number of benzene rings is 2. The van der Waals surface area contributed by atoms with Crippen molar-refractivity contribution in [1.82, 2.24) is 5.32 Å². The van der Waals surface area contributed by atoms with Crippen LogP contribution in [-0.2, 0) is 4.79 Å². The summed E-state index contributed by atoms with van der Waals surface area (Å²) < 4.78 is 16.0. The molecule has 0 bridgehead atoms. The molecule has 132 valence electrons. The second kappa shape index (κ2) is 8.78. The average molecular weight is 341 g/mol. The van der Waals surface area contributed by atoms with Gasteiger partial charge in [-0.05, 0) is 31.2 Å². The van der Waals surface area contributed by atoms with Crippen molar-refractivity contribution in [2.24, 2.45) is 0 Å². The van der Waals surface area contributed by atoms with Crippen LogP contribution < -0.4 is 19.5 Å². The molecule has 0 unspecified atom stereocenters. The molecule has 0 aliphatic rings. The van der Waals surface area contributed by atoms with E-state index < -0.39 is 0 Å². The maximum Gasteiger partial charge on any atom is 0.244 e. The summed E-state index contributed by atoms with van der Waals surface area (Å²) in [6, 6.07) is 12.9. The van der Waals surface area contributed by atoms with Crippen LogP contribution in [0.25, 0.3) is 6.08 Å². The van der Waals surface area contributed by atoms with Crippen LogP contribution >= 0.6 is 0 Å². The van der Waals surface area contributed by atoms with Crippen molar-refractivity contribution in [3.05, 3.63) is 59.7 Å². The molecule has 0 saturated heterocycles. The molecule has 2 aromatic rings. The van der Waals surface area contributed by atoms with Gasteiger partial charge >= 0.3 is 0 Å². The van der Waals surface area contributed by atoms with E-state index in [1.807, 2.05) is 49.4 Å². The van der Waals surface area contributed by atoms with Crippen LogP contribution in [0.3, 0.4) is 0 Å². The van der Waals surface area contributed by atoms with Crippen LogP contribution in [0.4, 0.5) is 0 Å². The zero-order valence-electron chi connectivity index (χ0n) is 14.9. The van der Waals surface area contributed by atoms with Gasteiger partial charge in [0.05, 0.1) is 32.9 Å². The molecule has 0 fully saturated rings. The summed E-state index contributed by atoms with van der Waals surface area (Å²) in [4.78, 5) is 12.3. The fourth-order valence-electron chi connectivity index (χ4n) is 2.57. The Labute approximate surface area is 148 Å². The van der Waals surface area contributed by atoms with Gasteiger partial charge in [0.2, 0.25) is 5.91 Å². The number of ether oxygens (including phenoxy) is 3. The average Bonchev–Trinajstić information content (AvgIpc) is 2.65. The molecular formula is C20H23NO4. The Bertz CT molecular complexity index is 733. The molecule has 1 N–H and O–H groups in total. The molecule has 0 aromatic heterocycles. The van der Waals surface area contributed by atoms with Crippen LogP contribution in [0.5, 0.6) is 17.2 Å². The standard InChI is InChI=1S/C20H23NO4/c1-14(15-8-5-6-9-17(15)23-2)21-20(22)13-12-16-18(24-3)10-7-11-19(16)25-4/h5-14H,1-4H3,(H,21,22)/b13-12+/t14-/m0/s1. The third-order valence-electron chi connectivity index (χ3n) is 3.83. The molecule has 0 saturated carbocycles. The molecule has 0 radical (unpaired) electrons. The van der Waals surface area contributed by atoms with E-state index in [1.54, 1.807) is 27.4 Å². The van der Waals surface area contributed by atoms with Crippen LogP contribution in [0.15, 0.2) is 48.5 Å². The Morgan fingerprint density at radius 1 is 0.920 bits per heavy atom. The predicted octanol–water partition coefficient (Wildman–Crippen LogP) is 3.60. The first-order valence-electron chi connectivity index (χ1n) is 7.93. The monoisotopic (exact) mass is 341 g/mol. The predicted molar refractivity (Wildman–Crippen MR) is 98.1 cm³/mol. The van der Waals surface area contributed by atoms with Gasteiger partial charge in [-0.3, -0.25) is 4.79 Å². The Morgan fingerprint density at radius 3 is 2.08 bits per heavy atom. The lowest BCUT2D eigenvalue weighted by Crippen LogP contribution is -2.25. The van der Waals surface area contributed by atoms with E-state index in [1.165, 1.54) is 6.08 Å². The number of hydrogen-bond donors (Lipinski definition) is 1. The van der Waals surface area contributed by atoms with Gasteiger partial charge in [-0.2, -0.15) is 0 Å². The third-order valence-corrected chi connectivity index (χ3v) is 3.83. The fourth-order valence-corrected chi connectivity index (χ4v) is 2.57. The summed E-state index contributed by atoms with van der Waals surface area (Å²) in [6.45, 7) is 1.91. The lowest BCUT2D eigenvalue weighted by Gasteiger charge is -2.16. The highest BCUT2D eigenvalue weighted by Gasteiger charge is 2.13. The van der Waals surface area contributed by atoms with Crippen LogP contribution in [0.2, 0.25) is 0 Å². The lowest BCUT2D eigenvalue weighted by molar-refractivity contribution is -0.117. The number of rotatable bonds is 7. The van der Waals surface area contributed by atoms with Crippen LogP contribution in [0, 0.1) is 0 Å². The van der Waals surface area contributed by atoms with Gasteiger partial charge in [-0.15, -0.1) is 0 Å². The number of para-hydroxylation sites is 1. The van der Waals surface area contributed by atoms with Gasteiger partial charge in [0.1, 0.15) is 17.2 Å². The van der Waals surface area contributed by atoms with Crippen molar-refractivity contribution in [2.45, 2.75) is 13.0 Å². The minimum Gasteiger partial charge on any atom is -0.496 e. The zero-order chi connectivity index (χ0) is 18.2. The highest BCUT2D eigenvalue weighted by molar-refractivity contribution is 5.93. The SMILES string of the molecule is COc1ccccc1[C@H](C)NC(=O)/C=C/c1c(OC)cccc1OC. The lowest BCUT2D eigenvalue weighted by atomic mass is 10.1.